The molecule has 0 aromatic heterocycles. The Morgan fingerprint density at radius 3 is 1.97 bits per heavy atom. The van der Waals surface area contributed by atoms with E-state index < -0.39 is 0 Å². The van der Waals surface area contributed by atoms with Gasteiger partial charge in [-0.05, 0) is 69.2 Å². The fourth-order valence-corrected chi connectivity index (χ4v) is 3.38. The average molecular weight is 396 g/mol. The Hall–Kier alpha value is -2.82. The third-order valence-corrected chi connectivity index (χ3v) is 4.90. The lowest BCUT2D eigenvalue weighted by Crippen LogP contribution is -2.32. The Morgan fingerprint density at radius 2 is 1.41 bits per heavy atom. The lowest BCUT2D eigenvalue weighted by molar-refractivity contribution is 0.0755. The summed E-state index contributed by atoms with van der Waals surface area (Å²) in [6, 6.07) is 14.8. The normalized spacial score (nSPS) is 10.5. The highest BCUT2D eigenvalue weighted by molar-refractivity contribution is 6.06. The molecular weight excluding hydrogens is 362 g/mol. The summed E-state index contributed by atoms with van der Waals surface area (Å²) in [5, 5.41) is 2.92. The van der Waals surface area contributed by atoms with Gasteiger partial charge < -0.3 is 15.1 Å². The number of amides is 2. The van der Waals surface area contributed by atoms with Crippen LogP contribution in [-0.2, 0) is 0 Å². The van der Waals surface area contributed by atoms with E-state index in [9.17, 15) is 9.59 Å². The van der Waals surface area contributed by atoms with Crippen molar-refractivity contribution in [3.8, 4) is 0 Å². The summed E-state index contributed by atoms with van der Waals surface area (Å²) in [7, 11) is 0. The lowest BCUT2D eigenvalue weighted by atomic mass is 10.1. The number of carbonyl (C=O) groups is 2. The molecule has 2 rings (SSSR count). The maximum atomic E-state index is 12.8. The van der Waals surface area contributed by atoms with Crippen molar-refractivity contribution in [3.63, 3.8) is 0 Å². The van der Waals surface area contributed by atoms with Gasteiger partial charge in [-0.15, -0.1) is 0 Å². The average Bonchev–Trinajstić information content (AvgIpc) is 2.75. The van der Waals surface area contributed by atoms with E-state index in [1.165, 1.54) is 0 Å². The molecule has 0 bridgehead atoms. The zero-order chi connectivity index (χ0) is 21.2. The molecule has 0 heterocycles. The molecule has 0 saturated heterocycles. The molecule has 29 heavy (non-hydrogen) atoms. The van der Waals surface area contributed by atoms with Gasteiger partial charge in [0.2, 0.25) is 0 Å². The Balaban J connectivity index is 2.11. The highest BCUT2D eigenvalue weighted by atomic mass is 16.2. The van der Waals surface area contributed by atoms with Gasteiger partial charge in [0, 0.05) is 48.7 Å². The van der Waals surface area contributed by atoms with Gasteiger partial charge in [-0.3, -0.25) is 9.59 Å². The predicted molar refractivity (Wildman–Crippen MR) is 121 cm³/mol. The van der Waals surface area contributed by atoms with Crippen molar-refractivity contribution >= 4 is 23.2 Å². The standard InChI is InChI=1S/C24H33N3O2/c1-5-16-27(17-6-2)24(29)20-11-9-10-19(18-20)23(28)25-21-12-14-22(15-13-21)26(7-3)8-4/h9-15,18H,5-8,16-17H2,1-4H3,(H,25,28). The second-order valence-electron chi connectivity index (χ2n) is 7.05. The minimum Gasteiger partial charge on any atom is -0.372 e. The molecule has 5 heteroatoms. The molecule has 0 radical (unpaired) electrons. The van der Waals surface area contributed by atoms with Crippen LogP contribution >= 0.6 is 0 Å². The highest BCUT2D eigenvalue weighted by Gasteiger charge is 2.16. The molecule has 1 N–H and O–H groups in total. The highest BCUT2D eigenvalue weighted by Crippen LogP contribution is 2.19. The Morgan fingerprint density at radius 1 is 0.828 bits per heavy atom. The van der Waals surface area contributed by atoms with E-state index in [-0.39, 0.29) is 11.8 Å². The molecule has 0 aliphatic carbocycles. The summed E-state index contributed by atoms with van der Waals surface area (Å²) in [5.74, 6) is -0.236. The van der Waals surface area contributed by atoms with Crippen LogP contribution in [0.2, 0.25) is 0 Å². The summed E-state index contributed by atoms with van der Waals surface area (Å²) < 4.78 is 0. The smallest absolute Gasteiger partial charge is 0.255 e. The van der Waals surface area contributed by atoms with Crippen LogP contribution in [0, 0.1) is 0 Å². The molecule has 0 saturated carbocycles. The third-order valence-electron chi connectivity index (χ3n) is 4.90. The van der Waals surface area contributed by atoms with Gasteiger partial charge in [0.15, 0.2) is 0 Å². The largest absolute Gasteiger partial charge is 0.372 e. The Bertz CT molecular complexity index is 792. The van der Waals surface area contributed by atoms with Crippen molar-refractivity contribution in [2.75, 3.05) is 36.4 Å². The van der Waals surface area contributed by atoms with Crippen molar-refractivity contribution in [2.45, 2.75) is 40.5 Å². The molecule has 156 valence electrons. The summed E-state index contributed by atoms with van der Waals surface area (Å²) >= 11 is 0. The number of nitrogens with zero attached hydrogens (tertiary/aromatic N) is 2. The Kier molecular flexibility index (Phi) is 8.71. The van der Waals surface area contributed by atoms with Crippen molar-refractivity contribution in [1.29, 1.82) is 0 Å². The van der Waals surface area contributed by atoms with Crippen LogP contribution in [0.1, 0.15) is 61.3 Å². The molecule has 2 aromatic carbocycles. The van der Waals surface area contributed by atoms with Crippen LogP contribution in [0.5, 0.6) is 0 Å². The monoisotopic (exact) mass is 395 g/mol. The van der Waals surface area contributed by atoms with Gasteiger partial charge in [-0.1, -0.05) is 19.9 Å². The van der Waals surface area contributed by atoms with E-state index in [1.54, 1.807) is 24.3 Å². The number of benzene rings is 2. The Labute approximate surface area is 174 Å². The van der Waals surface area contributed by atoms with Crippen molar-refractivity contribution in [2.24, 2.45) is 0 Å². The van der Waals surface area contributed by atoms with Crippen LogP contribution in [0.25, 0.3) is 0 Å². The van der Waals surface area contributed by atoms with Gasteiger partial charge in [0.05, 0.1) is 0 Å². The number of anilines is 2. The van der Waals surface area contributed by atoms with E-state index in [1.807, 2.05) is 29.2 Å². The zero-order valence-corrected chi connectivity index (χ0v) is 18.1. The van der Waals surface area contributed by atoms with Crippen LogP contribution in [-0.4, -0.2) is 42.9 Å². The van der Waals surface area contributed by atoms with E-state index in [0.717, 1.165) is 50.4 Å². The first-order valence-corrected chi connectivity index (χ1v) is 10.6. The molecule has 2 amide bonds. The second kappa shape index (κ2) is 11.2. The first-order chi connectivity index (χ1) is 14.0. The first kappa shape index (κ1) is 22.5. The third kappa shape index (κ3) is 6.08. The topological polar surface area (TPSA) is 52.7 Å². The van der Waals surface area contributed by atoms with Gasteiger partial charge in [0.1, 0.15) is 0 Å². The molecule has 0 aliphatic rings. The van der Waals surface area contributed by atoms with Gasteiger partial charge in [0.25, 0.3) is 11.8 Å². The minimum atomic E-state index is -0.215. The van der Waals surface area contributed by atoms with Crippen molar-refractivity contribution < 1.29 is 9.59 Å². The van der Waals surface area contributed by atoms with E-state index >= 15 is 0 Å². The molecule has 0 spiro atoms. The minimum absolute atomic E-state index is 0.0214. The maximum absolute atomic E-state index is 12.8. The number of rotatable bonds is 10. The maximum Gasteiger partial charge on any atom is 0.255 e. The fourth-order valence-electron chi connectivity index (χ4n) is 3.38. The van der Waals surface area contributed by atoms with Crippen LogP contribution < -0.4 is 10.2 Å². The summed E-state index contributed by atoms with van der Waals surface area (Å²) in [6.45, 7) is 11.7. The van der Waals surface area contributed by atoms with Crippen LogP contribution in [0.3, 0.4) is 0 Å². The second-order valence-corrected chi connectivity index (χ2v) is 7.05. The molecule has 2 aromatic rings. The summed E-state index contributed by atoms with van der Waals surface area (Å²) in [6.07, 6.45) is 1.82. The number of nitrogens with one attached hydrogen (secondary N) is 1. The lowest BCUT2D eigenvalue weighted by Gasteiger charge is -2.22. The SMILES string of the molecule is CCCN(CCC)C(=O)c1cccc(C(=O)Nc2ccc(N(CC)CC)cc2)c1. The fraction of sp³-hybridized carbons (Fsp3) is 0.417. The van der Waals surface area contributed by atoms with E-state index in [4.69, 9.17) is 0 Å². The van der Waals surface area contributed by atoms with Gasteiger partial charge in [-0.2, -0.15) is 0 Å². The summed E-state index contributed by atoms with van der Waals surface area (Å²) in [4.78, 5) is 29.6. The van der Waals surface area contributed by atoms with Crippen molar-refractivity contribution in [3.05, 3.63) is 59.7 Å². The van der Waals surface area contributed by atoms with Crippen LogP contribution in [0.15, 0.2) is 48.5 Å². The molecule has 0 unspecified atom stereocenters. The predicted octanol–water partition coefficient (Wildman–Crippen LogP) is 5.05. The summed E-state index contributed by atoms with van der Waals surface area (Å²) in [5.41, 5.74) is 2.90. The van der Waals surface area contributed by atoms with Crippen molar-refractivity contribution in [1.82, 2.24) is 4.90 Å². The molecule has 5 nitrogen and oxygen atoms in total. The first-order valence-electron chi connectivity index (χ1n) is 10.6. The number of carbonyl (C=O) groups excluding carboxylic acids is 2. The van der Waals surface area contributed by atoms with Crippen LogP contribution in [0.4, 0.5) is 11.4 Å². The molecule has 0 atom stereocenters. The quantitative estimate of drug-likeness (QED) is 0.613. The molecule has 0 aliphatic heterocycles. The van der Waals surface area contributed by atoms with E-state index in [0.29, 0.717) is 11.1 Å². The number of hydrogen-bond donors (Lipinski definition) is 1. The van der Waals surface area contributed by atoms with Gasteiger partial charge in [-0.25, -0.2) is 0 Å². The molecular formula is C24H33N3O2. The molecule has 0 fully saturated rings. The van der Waals surface area contributed by atoms with Gasteiger partial charge >= 0.3 is 0 Å². The van der Waals surface area contributed by atoms with E-state index in [2.05, 4.69) is 37.9 Å². The zero-order valence-electron chi connectivity index (χ0n) is 18.1. The number of hydrogen-bond acceptors (Lipinski definition) is 3.